The number of azo groups is 1. The standard InChI is InChI=1S/C17H14N2O2/c1-11-6-8-14(16(21)10-11)18-19-17-13-5-3-2-4-12(13)7-9-15(17)20/h2-10,20-21H,1H3. The zero-order valence-corrected chi connectivity index (χ0v) is 11.5. The molecule has 104 valence electrons. The van der Waals surface area contributed by atoms with Gasteiger partial charge in [-0.2, -0.15) is 0 Å². The largest absolute Gasteiger partial charge is 0.506 e. The average molecular weight is 278 g/mol. The first kappa shape index (κ1) is 13.1. The minimum atomic E-state index is 0.0593. The van der Waals surface area contributed by atoms with Gasteiger partial charge in [-0.05, 0) is 36.1 Å². The molecule has 0 amide bonds. The number of rotatable bonds is 2. The highest BCUT2D eigenvalue weighted by molar-refractivity contribution is 5.95. The molecular weight excluding hydrogens is 264 g/mol. The van der Waals surface area contributed by atoms with Gasteiger partial charge in [0, 0.05) is 5.39 Å². The summed E-state index contributed by atoms with van der Waals surface area (Å²) in [6.45, 7) is 1.89. The molecule has 4 heteroatoms. The third kappa shape index (κ3) is 2.56. The molecule has 2 N–H and O–H groups in total. The maximum atomic E-state index is 9.98. The Labute approximate surface area is 122 Å². The Morgan fingerprint density at radius 1 is 0.810 bits per heavy atom. The normalized spacial score (nSPS) is 11.3. The molecule has 0 saturated carbocycles. The van der Waals surface area contributed by atoms with E-state index in [1.54, 1.807) is 18.2 Å². The van der Waals surface area contributed by atoms with Gasteiger partial charge in [-0.3, -0.25) is 0 Å². The van der Waals surface area contributed by atoms with Crippen molar-refractivity contribution in [3.63, 3.8) is 0 Å². The average Bonchev–Trinajstić information content (AvgIpc) is 2.48. The van der Waals surface area contributed by atoms with Crippen LogP contribution < -0.4 is 0 Å². The van der Waals surface area contributed by atoms with Crippen LogP contribution in [-0.4, -0.2) is 10.2 Å². The van der Waals surface area contributed by atoms with Crippen LogP contribution in [0.3, 0.4) is 0 Å². The van der Waals surface area contributed by atoms with Crippen molar-refractivity contribution in [2.24, 2.45) is 10.2 Å². The van der Waals surface area contributed by atoms with Crippen molar-refractivity contribution < 1.29 is 10.2 Å². The predicted octanol–water partition coefficient (Wildman–Crippen LogP) is 4.97. The van der Waals surface area contributed by atoms with E-state index < -0.39 is 0 Å². The number of hydrogen-bond donors (Lipinski definition) is 2. The first-order chi connectivity index (χ1) is 10.1. The molecule has 4 nitrogen and oxygen atoms in total. The molecule has 0 heterocycles. The third-order valence-corrected chi connectivity index (χ3v) is 3.27. The minimum Gasteiger partial charge on any atom is -0.506 e. The van der Waals surface area contributed by atoms with Crippen LogP contribution in [0.25, 0.3) is 10.8 Å². The number of nitrogens with zero attached hydrogens (tertiary/aromatic N) is 2. The Kier molecular flexibility index (Phi) is 3.28. The predicted molar refractivity (Wildman–Crippen MR) is 82.6 cm³/mol. The second-order valence-corrected chi connectivity index (χ2v) is 4.85. The fraction of sp³-hybridized carbons (Fsp3) is 0.0588. The van der Waals surface area contributed by atoms with Gasteiger partial charge in [0.15, 0.2) is 0 Å². The molecule has 0 aliphatic carbocycles. The van der Waals surface area contributed by atoms with Crippen LogP contribution in [0.15, 0.2) is 64.8 Å². The summed E-state index contributed by atoms with van der Waals surface area (Å²) in [7, 11) is 0. The zero-order valence-electron chi connectivity index (χ0n) is 11.5. The maximum Gasteiger partial charge on any atom is 0.143 e. The van der Waals surface area contributed by atoms with E-state index in [4.69, 9.17) is 0 Å². The molecule has 0 saturated heterocycles. The van der Waals surface area contributed by atoms with Crippen molar-refractivity contribution in [2.75, 3.05) is 0 Å². The smallest absolute Gasteiger partial charge is 0.143 e. The summed E-state index contributed by atoms with van der Waals surface area (Å²) in [6, 6.07) is 16.2. The summed E-state index contributed by atoms with van der Waals surface area (Å²) in [6.07, 6.45) is 0. The second kappa shape index (κ2) is 5.25. The SMILES string of the molecule is Cc1ccc(N=Nc2c(O)ccc3ccccc23)c(O)c1. The van der Waals surface area contributed by atoms with Crippen LogP contribution in [0, 0.1) is 6.92 Å². The molecule has 21 heavy (non-hydrogen) atoms. The lowest BCUT2D eigenvalue weighted by atomic mass is 10.1. The summed E-state index contributed by atoms with van der Waals surface area (Å²) in [5.41, 5.74) is 1.71. The number of aromatic hydroxyl groups is 2. The first-order valence-electron chi connectivity index (χ1n) is 6.57. The number of aryl methyl sites for hydroxylation is 1. The van der Waals surface area contributed by atoms with Crippen molar-refractivity contribution >= 4 is 22.1 Å². The molecule has 3 rings (SSSR count). The number of hydrogen-bond acceptors (Lipinski definition) is 4. The van der Waals surface area contributed by atoms with Gasteiger partial charge in [0.25, 0.3) is 0 Å². The highest BCUT2D eigenvalue weighted by Crippen LogP contribution is 2.37. The van der Waals surface area contributed by atoms with Gasteiger partial charge in [0.2, 0.25) is 0 Å². The van der Waals surface area contributed by atoms with Crippen LogP contribution in [0.4, 0.5) is 11.4 Å². The van der Waals surface area contributed by atoms with E-state index in [0.717, 1.165) is 16.3 Å². The Morgan fingerprint density at radius 2 is 1.62 bits per heavy atom. The Morgan fingerprint density at radius 3 is 2.43 bits per heavy atom. The lowest BCUT2D eigenvalue weighted by Crippen LogP contribution is -1.75. The van der Waals surface area contributed by atoms with Crippen molar-refractivity contribution in [2.45, 2.75) is 6.92 Å². The van der Waals surface area contributed by atoms with Gasteiger partial charge in [0.05, 0.1) is 0 Å². The van der Waals surface area contributed by atoms with E-state index in [0.29, 0.717) is 11.4 Å². The molecule has 3 aromatic rings. The minimum absolute atomic E-state index is 0.0593. The molecule has 0 spiro atoms. The Bertz CT molecular complexity index is 841. The molecule has 0 atom stereocenters. The monoisotopic (exact) mass is 278 g/mol. The molecule has 0 aliphatic rings. The van der Waals surface area contributed by atoms with E-state index in [9.17, 15) is 10.2 Å². The van der Waals surface area contributed by atoms with Crippen molar-refractivity contribution in [1.82, 2.24) is 0 Å². The van der Waals surface area contributed by atoms with Gasteiger partial charge in [-0.15, -0.1) is 10.2 Å². The van der Waals surface area contributed by atoms with E-state index in [-0.39, 0.29) is 11.5 Å². The molecular formula is C17H14N2O2. The molecule has 0 aromatic heterocycles. The van der Waals surface area contributed by atoms with Crippen LogP contribution in [0.1, 0.15) is 5.56 Å². The summed E-state index contributed by atoms with van der Waals surface area (Å²) in [5.74, 6) is 0.127. The lowest BCUT2D eigenvalue weighted by Gasteiger charge is -2.04. The lowest BCUT2D eigenvalue weighted by molar-refractivity contribution is 0.474. The summed E-state index contributed by atoms with van der Waals surface area (Å²) in [4.78, 5) is 0. The Balaban J connectivity index is 2.09. The van der Waals surface area contributed by atoms with E-state index in [2.05, 4.69) is 10.2 Å². The zero-order chi connectivity index (χ0) is 14.8. The van der Waals surface area contributed by atoms with Crippen molar-refractivity contribution in [3.8, 4) is 11.5 Å². The van der Waals surface area contributed by atoms with Crippen molar-refractivity contribution in [1.29, 1.82) is 0 Å². The summed E-state index contributed by atoms with van der Waals surface area (Å²) in [5, 5.41) is 29.8. The maximum absolute atomic E-state index is 9.98. The van der Waals surface area contributed by atoms with Crippen LogP contribution in [0.5, 0.6) is 11.5 Å². The molecule has 0 radical (unpaired) electrons. The molecule has 3 aromatic carbocycles. The number of phenols is 2. The quantitative estimate of drug-likeness (QED) is 0.649. The van der Waals surface area contributed by atoms with Crippen molar-refractivity contribution in [3.05, 3.63) is 60.2 Å². The van der Waals surface area contributed by atoms with Gasteiger partial charge >= 0.3 is 0 Å². The van der Waals surface area contributed by atoms with E-state index >= 15 is 0 Å². The van der Waals surface area contributed by atoms with Crippen LogP contribution in [-0.2, 0) is 0 Å². The summed E-state index contributed by atoms with van der Waals surface area (Å²) >= 11 is 0. The first-order valence-corrected chi connectivity index (χ1v) is 6.57. The van der Waals surface area contributed by atoms with Gasteiger partial charge in [-0.25, -0.2) is 0 Å². The second-order valence-electron chi connectivity index (χ2n) is 4.85. The van der Waals surface area contributed by atoms with E-state index in [1.165, 1.54) is 0 Å². The molecule has 0 bridgehead atoms. The topological polar surface area (TPSA) is 65.2 Å². The van der Waals surface area contributed by atoms with Crippen LogP contribution >= 0.6 is 0 Å². The van der Waals surface area contributed by atoms with E-state index in [1.807, 2.05) is 43.3 Å². The highest BCUT2D eigenvalue weighted by Gasteiger charge is 2.06. The van der Waals surface area contributed by atoms with Gasteiger partial charge in [-0.1, -0.05) is 36.4 Å². The fourth-order valence-electron chi connectivity index (χ4n) is 2.17. The van der Waals surface area contributed by atoms with Gasteiger partial charge < -0.3 is 10.2 Å². The van der Waals surface area contributed by atoms with Gasteiger partial charge in [0.1, 0.15) is 22.9 Å². The summed E-state index contributed by atoms with van der Waals surface area (Å²) < 4.78 is 0. The number of fused-ring (bicyclic) bond motifs is 1. The van der Waals surface area contributed by atoms with Crippen LogP contribution in [0.2, 0.25) is 0 Å². The number of benzene rings is 3. The highest BCUT2D eigenvalue weighted by atomic mass is 16.3. The fourth-order valence-corrected chi connectivity index (χ4v) is 2.17. The molecule has 0 unspecified atom stereocenters. The Hall–Kier alpha value is -2.88. The number of phenolic OH excluding ortho intramolecular Hbond substituents is 2. The molecule has 0 aliphatic heterocycles. The molecule has 0 fully saturated rings. The third-order valence-electron chi connectivity index (χ3n) is 3.27.